The first-order valence-corrected chi connectivity index (χ1v) is 13.8. The van der Waals surface area contributed by atoms with Crippen molar-refractivity contribution >= 4 is 0 Å². The third-order valence-electron chi connectivity index (χ3n) is 7.34. The van der Waals surface area contributed by atoms with Gasteiger partial charge in [-0.25, -0.2) is 0 Å². The molecule has 1 unspecified atom stereocenters. The molecule has 0 spiro atoms. The zero-order valence-corrected chi connectivity index (χ0v) is 26.2. The largest absolute Gasteiger partial charge is 0.0617 e. The molecule has 0 aliphatic carbocycles. The lowest BCUT2D eigenvalue weighted by molar-refractivity contribution is 0.501. The van der Waals surface area contributed by atoms with Gasteiger partial charge in [-0.05, 0) is 78.4 Å². The molecule has 0 heteroatoms. The Kier molecular flexibility index (Phi) is 7.96. The van der Waals surface area contributed by atoms with E-state index < -0.39 is 0 Å². The van der Waals surface area contributed by atoms with Crippen molar-refractivity contribution in [3.05, 3.63) is 69.3 Å². The molecule has 0 aliphatic rings. The molecule has 0 bridgehead atoms. The highest BCUT2D eigenvalue weighted by molar-refractivity contribution is 5.53. The van der Waals surface area contributed by atoms with Crippen molar-refractivity contribution in [2.45, 2.75) is 150 Å². The molecule has 196 valence electrons. The molecule has 0 aromatic heterocycles. The Balaban J connectivity index is 2.89. The number of rotatable bonds is 3. The molecule has 0 N–H and O–H groups in total. The minimum atomic E-state index is 0.0770. The molecule has 35 heavy (non-hydrogen) atoms. The topological polar surface area (TPSA) is 0 Å². The first-order chi connectivity index (χ1) is 15.5. The van der Waals surface area contributed by atoms with Crippen LogP contribution >= 0.6 is 0 Å². The van der Waals surface area contributed by atoms with Gasteiger partial charge in [-0.2, -0.15) is 0 Å². The maximum absolute atomic E-state index is 2.47. The molecule has 0 radical (unpaired) electrons. The Bertz CT molecular complexity index is 1030. The van der Waals surface area contributed by atoms with Crippen LogP contribution in [0.25, 0.3) is 0 Å². The molecular weight excluding hydrogens is 420 g/mol. The van der Waals surface area contributed by atoms with Gasteiger partial charge in [0.25, 0.3) is 0 Å². The highest BCUT2D eigenvalue weighted by Gasteiger charge is 2.34. The van der Waals surface area contributed by atoms with Gasteiger partial charge in [0.15, 0.2) is 0 Å². The molecule has 0 heterocycles. The van der Waals surface area contributed by atoms with E-state index in [4.69, 9.17) is 0 Å². The van der Waals surface area contributed by atoms with Crippen LogP contribution in [0.3, 0.4) is 0 Å². The fourth-order valence-electron chi connectivity index (χ4n) is 5.93. The first-order valence-electron chi connectivity index (χ1n) is 13.8. The van der Waals surface area contributed by atoms with Gasteiger partial charge in [0.2, 0.25) is 0 Å². The molecule has 0 saturated heterocycles. The highest BCUT2D eigenvalue weighted by atomic mass is 14.4. The summed E-state index contributed by atoms with van der Waals surface area (Å²) in [4.78, 5) is 0. The second-order valence-electron chi connectivity index (χ2n) is 16.1. The quantitative estimate of drug-likeness (QED) is 0.413. The second kappa shape index (κ2) is 9.39. The van der Waals surface area contributed by atoms with Crippen LogP contribution in [0.2, 0.25) is 0 Å². The van der Waals surface area contributed by atoms with Crippen molar-refractivity contribution in [3.8, 4) is 0 Å². The van der Waals surface area contributed by atoms with Gasteiger partial charge in [-0.3, -0.25) is 0 Å². The van der Waals surface area contributed by atoms with Crippen LogP contribution in [0, 0.1) is 0 Å². The fourth-order valence-corrected chi connectivity index (χ4v) is 5.93. The Hall–Kier alpha value is -1.56. The Morgan fingerprint density at radius 3 is 1.29 bits per heavy atom. The molecule has 1 atom stereocenters. The molecule has 0 fully saturated rings. The third-order valence-corrected chi connectivity index (χ3v) is 7.34. The van der Waals surface area contributed by atoms with Gasteiger partial charge in [0, 0.05) is 0 Å². The van der Waals surface area contributed by atoms with Crippen molar-refractivity contribution in [1.29, 1.82) is 0 Å². The van der Waals surface area contributed by atoms with E-state index in [-0.39, 0.29) is 27.1 Å². The van der Waals surface area contributed by atoms with Crippen LogP contribution in [0.5, 0.6) is 0 Å². The predicted molar refractivity (Wildman–Crippen MR) is 159 cm³/mol. The summed E-state index contributed by atoms with van der Waals surface area (Å²) in [5, 5.41) is 0. The molecule has 0 aliphatic heterocycles. The average Bonchev–Trinajstić information content (AvgIpc) is 2.62. The highest BCUT2D eigenvalue weighted by Crippen LogP contribution is 2.45. The zero-order chi connectivity index (χ0) is 27.4. The number of hydrogen-bond acceptors (Lipinski definition) is 0. The summed E-state index contributed by atoms with van der Waals surface area (Å²) in [6.07, 6.45) is 1.07. The fraction of sp³-hybridized carbons (Fsp3) is 0.657. The van der Waals surface area contributed by atoms with Crippen LogP contribution in [0.15, 0.2) is 30.3 Å². The lowest BCUT2D eigenvalue weighted by Gasteiger charge is -2.38. The lowest BCUT2D eigenvalue weighted by Crippen LogP contribution is -2.29. The summed E-state index contributed by atoms with van der Waals surface area (Å²) in [5.74, 6) is 0.428. The Labute approximate surface area is 219 Å². The van der Waals surface area contributed by atoms with E-state index >= 15 is 0 Å². The van der Waals surface area contributed by atoms with Crippen molar-refractivity contribution in [2.75, 3.05) is 0 Å². The monoisotopic (exact) mass is 476 g/mol. The molecular formula is C35H56. The van der Waals surface area contributed by atoms with Gasteiger partial charge in [-0.15, -0.1) is 0 Å². The SMILES string of the molecule is CC(Cc1cccc(C(C)(C)C)c1C(C)(C)C)c1c(C(C)(C)C)ccc(C(C)(C)C)c1C(C)(C)C. The van der Waals surface area contributed by atoms with Crippen molar-refractivity contribution < 1.29 is 0 Å². The lowest BCUT2D eigenvalue weighted by atomic mass is 9.66. The number of hydrogen-bond donors (Lipinski definition) is 0. The van der Waals surface area contributed by atoms with E-state index in [1.807, 2.05) is 0 Å². The molecule has 0 saturated carbocycles. The van der Waals surface area contributed by atoms with Crippen LogP contribution in [-0.4, -0.2) is 0 Å². The first kappa shape index (κ1) is 29.7. The van der Waals surface area contributed by atoms with Crippen molar-refractivity contribution in [2.24, 2.45) is 0 Å². The maximum Gasteiger partial charge on any atom is -0.0126 e. The van der Waals surface area contributed by atoms with Gasteiger partial charge in [-0.1, -0.05) is 141 Å². The summed E-state index contributed by atoms with van der Waals surface area (Å²) in [6, 6.07) is 11.9. The van der Waals surface area contributed by atoms with Gasteiger partial charge in [0.05, 0.1) is 0 Å². The summed E-state index contributed by atoms with van der Waals surface area (Å²) in [6.45, 7) is 38.1. The Morgan fingerprint density at radius 1 is 0.486 bits per heavy atom. The maximum atomic E-state index is 2.47. The second-order valence-corrected chi connectivity index (χ2v) is 16.1. The minimum Gasteiger partial charge on any atom is -0.0617 e. The van der Waals surface area contributed by atoms with E-state index in [2.05, 4.69) is 141 Å². The summed E-state index contributed by atoms with van der Waals surface area (Å²) < 4.78 is 0. The van der Waals surface area contributed by atoms with E-state index in [9.17, 15) is 0 Å². The van der Waals surface area contributed by atoms with Gasteiger partial charge in [0.1, 0.15) is 0 Å². The van der Waals surface area contributed by atoms with Gasteiger partial charge >= 0.3 is 0 Å². The zero-order valence-electron chi connectivity index (χ0n) is 26.2. The summed E-state index contributed by atoms with van der Waals surface area (Å²) >= 11 is 0. The molecule has 2 aromatic carbocycles. The summed E-state index contributed by atoms with van der Waals surface area (Å²) in [7, 11) is 0. The van der Waals surface area contributed by atoms with Crippen molar-refractivity contribution in [3.63, 3.8) is 0 Å². The van der Waals surface area contributed by atoms with E-state index in [0.717, 1.165) is 6.42 Å². The molecule has 0 amide bonds. The van der Waals surface area contributed by atoms with Crippen LogP contribution in [0.1, 0.15) is 156 Å². The third kappa shape index (κ3) is 6.61. The van der Waals surface area contributed by atoms with Crippen molar-refractivity contribution in [1.82, 2.24) is 0 Å². The van der Waals surface area contributed by atoms with Crippen LogP contribution in [0.4, 0.5) is 0 Å². The van der Waals surface area contributed by atoms with E-state index in [1.54, 1.807) is 16.7 Å². The smallest absolute Gasteiger partial charge is 0.0126 e. The van der Waals surface area contributed by atoms with E-state index in [1.165, 1.54) is 22.3 Å². The Morgan fingerprint density at radius 2 is 0.886 bits per heavy atom. The predicted octanol–water partition coefficient (Wildman–Crippen LogP) is 10.5. The molecule has 2 aromatic rings. The standard InChI is InChI=1S/C35H56/c1-23(22-24-18-17-19-26(32(5,6)7)29(24)34(11,12)13)28-25(31(2,3)4)20-21-27(33(8,9)10)30(28)35(14,15)16/h17-21,23H,22H2,1-16H3. The summed E-state index contributed by atoms with van der Waals surface area (Å²) in [5.41, 5.74) is 11.2. The van der Waals surface area contributed by atoms with Crippen LogP contribution in [-0.2, 0) is 33.5 Å². The van der Waals surface area contributed by atoms with Crippen LogP contribution < -0.4 is 0 Å². The van der Waals surface area contributed by atoms with Gasteiger partial charge < -0.3 is 0 Å². The molecule has 2 rings (SSSR count). The number of benzene rings is 2. The van der Waals surface area contributed by atoms with E-state index in [0.29, 0.717) is 5.92 Å². The minimum absolute atomic E-state index is 0.0770. The normalized spacial score (nSPS) is 14.9. The average molecular weight is 477 g/mol. The molecule has 0 nitrogen and oxygen atoms in total.